The van der Waals surface area contributed by atoms with Crippen LogP contribution in [0.1, 0.15) is 11.1 Å². The minimum atomic E-state index is 0.117. The number of halogens is 2. The first-order valence-corrected chi connectivity index (χ1v) is 6.30. The van der Waals surface area contributed by atoms with Crippen LogP contribution in [-0.2, 0) is 6.54 Å². The first-order chi connectivity index (χ1) is 8.58. The fraction of sp³-hybridized carbons (Fsp3) is 0.143. The third-order valence-electron chi connectivity index (χ3n) is 2.74. The zero-order valence-corrected chi connectivity index (χ0v) is 11.4. The highest BCUT2D eigenvalue weighted by atomic mass is 35.5. The number of phenols is 1. The average Bonchev–Trinajstić information content (AvgIpc) is 2.35. The molecule has 0 aliphatic rings. The highest BCUT2D eigenvalue weighted by Gasteiger charge is 2.05. The number of aromatic hydroxyl groups is 1. The van der Waals surface area contributed by atoms with Gasteiger partial charge in [-0.1, -0.05) is 41.4 Å². The van der Waals surface area contributed by atoms with E-state index in [1.165, 1.54) is 0 Å². The van der Waals surface area contributed by atoms with Crippen LogP contribution in [0.4, 0.5) is 5.69 Å². The van der Waals surface area contributed by atoms with Crippen LogP contribution in [0.3, 0.4) is 0 Å². The van der Waals surface area contributed by atoms with Crippen LogP contribution in [0.2, 0.25) is 10.0 Å². The Balaban J connectivity index is 2.16. The monoisotopic (exact) mass is 281 g/mol. The minimum Gasteiger partial charge on any atom is -0.506 e. The highest BCUT2D eigenvalue weighted by molar-refractivity contribution is 6.32. The fourth-order valence-electron chi connectivity index (χ4n) is 1.68. The van der Waals surface area contributed by atoms with Crippen LogP contribution in [0.15, 0.2) is 36.4 Å². The van der Waals surface area contributed by atoms with E-state index in [1.807, 2.05) is 37.3 Å². The van der Waals surface area contributed by atoms with E-state index in [0.29, 0.717) is 16.6 Å². The molecule has 4 heteroatoms. The van der Waals surface area contributed by atoms with Gasteiger partial charge in [0.2, 0.25) is 0 Å². The molecule has 0 fully saturated rings. The van der Waals surface area contributed by atoms with Crippen LogP contribution < -0.4 is 5.32 Å². The van der Waals surface area contributed by atoms with Gasteiger partial charge in [0.25, 0.3) is 0 Å². The van der Waals surface area contributed by atoms with Crippen LogP contribution in [0.5, 0.6) is 5.75 Å². The first kappa shape index (κ1) is 13.1. The Hall–Kier alpha value is -1.38. The molecule has 2 N–H and O–H groups in total. The average molecular weight is 282 g/mol. The van der Waals surface area contributed by atoms with Crippen molar-refractivity contribution in [2.24, 2.45) is 0 Å². The normalized spacial score (nSPS) is 10.4. The van der Waals surface area contributed by atoms with E-state index in [1.54, 1.807) is 6.07 Å². The van der Waals surface area contributed by atoms with Crippen molar-refractivity contribution >= 4 is 28.9 Å². The Morgan fingerprint density at radius 3 is 2.72 bits per heavy atom. The van der Waals surface area contributed by atoms with Gasteiger partial charge in [-0.3, -0.25) is 0 Å². The van der Waals surface area contributed by atoms with Gasteiger partial charge in [-0.25, -0.2) is 0 Å². The zero-order chi connectivity index (χ0) is 13.1. The predicted octanol–water partition coefficient (Wildman–Crippen LogP) is 4.62. The van der Waals surface area contributed by atoms with Gasteiger partial charge in [-0.05, 0) is 30.7 Å². The molecule has 2 nitrogen and oxygen atoms in total. The maximum atomic E-state index is 9.80. The van der Waals surface area contributed by atoms with Crippen molar-refractivity contribution in [1.29, 1.82) is 0 Å². The summed E-state index contributed by atoms with van der Waals surface area (Å²) in [5, 5.41) is 14.1. The number of rotatable bonds is 3. The summed E-state index contributed by atoms with van der Waals surface area (Å²) in [5.41, 5.74) is 2.80. The molecule has 0 bridgehead atoms. The molecule has 0 heterocycles. The smallest absolute Gasteiger partial charge is 0.139 e. The molecule has 0 aromatic heterocycles. The maximum absolute atomic E-state index is 9.80. The van der Waals surface area contributed by atoms with Gasteiger partial charge in [0.1, 0.15) is 5.75 Å². The molecule has 0 amide bonds. The Kier molecular flexibility index (Phi) is 4.00. The summed E-state index contributed by atoms with van der Waals surface area (Å²) in [4.78, 5) is 0. The Morgan fingerprint density at radius 2 is 1.94 bits per heavy atom. The molecule has 0 saturated carbocycles. The van der Waals surface area contributed by atoms with E-state index in [4.69, 9.17) is 23.2 Å². The first-order valence-electron chi connectivity index (χ1n) is 5.54. The molecule has 0 unspecified atom stereocenters. The molecule has 18 heavy (non-hydrogen) atoms. The van der Waals surface area contributed by atoms with Crippen molar-refractivity contribution in [2.75, 3.05) is 5.32 Å². The third-order valence-corrected chi connectivity index (χ3v) is 3.28. The number of phenolic OH excluding ortho intramolecular Hbond substituents is 1. The van der Waals surface area contributed by atoms with E-state index in [0.717, 1.165) is 16.8 Å². The Morgan fingerprint density at radius 1 is 1.17 bits per heavy atom. The van der Waals surface area contributed by atoms with E-state index < -0.39 is 0 Å². The van der Waals surface area contributed by atoms with Gasteiger partial charge >= 0.3 is 0 Å². The van der Waals surface area contributed by atoms with Gasteiger partial charge in [-0.2, -0.15) is 0 Å². The molecule has 2 rings (SSSR count). The molecular weight excluding hydrogens is 269 g/mol. The largest absolute Gasteiger partial charge is 0.506 e. The summed E-state index contributed by atoms with van der Waals surface area (Å²) < 4.78 is 0. The van der Waals surface area contributed by atoms with Crippen molar-refractivity contribution in [3.05, 3.63) is 57.6 Å². The van der Waals surface area contributed by atoms with Crippen LogP contribution in [-0.4, -0.2) is 5.11 Å². The van der Waals surface area contributed by atoms with Crippen LogP contribution in [0.25, 0.3) is 0 Å². The molecule has 0 aliphatic heterocycles. The van der Waals surface area contributed by atoms with E-state index in [-0.39, 0.29) is 5.75 Å². The molecule has 0 atom stereocenters. The van der Waals surface area contributed by atoms with E-state index >= 15 is 0 Å². The second-order valence-electron chi connectivity index (χ2n) is 4.06. The number of hydrogen-bond donors (Lipinski definition) is 2. The van der Waals surface area contributed by atoms with E-state index in [2.05, 4.69) is 5.32 Å². The number of benzene rings is 2. The number of anilines is 1. The number of aryl methyl sites for hydroxylation is 1. The summed E-state index contributed by atoms with van der Waals surface area (Å²) >= 11 is 11.8. The zero-order valence-electron chi connectivity index (χ0n) is 9.87. The Labute approximate surface area is 116 Å². The van der Waals surface area contributed by atoms with E-state index in [9.17, 15) is 5.11 Å². The fourth-order valence-corrected chi connectivity index (χ4v) is 2.04. The molecule has 94 valence electrons. The summed E-state index contributed by atoms with van der Waals surface area (Å²) in [5.74, 6) is 0.117. The lowest BCUT2D eigenvalue weighted by molar-refractivity contribution is 0.469. The maximum Gasteiger partial charge on any atom is 0.139 e. The molecule has 0 radical (unpaired) electrons. The summed E-state index contributed by atoms with van der Waals surface area (Å²) in [6, 6.07) is 10.9. The second-order valence-corrected chi connectivity index (χ2v) is 4.90. The number of hydrogen-bond acceptors (Lipinski definition) is 2. The highest BCUT2D eigenvalue weighted by Crippen LogP contribution is 2.28. The number of nitrogens with one attached hydrogen (secondary N) is 1. The quantitative estimate of drug-likeness (QED) is 0.861. The summed E-state index contributed by atoms with van der Waals surface area (Å²) in [6.45, 7) is 2.49. The third kappa shape index (κ3) is 2.89. The van der Waals surface area contributed by atoms with Gasteiger partial charge < -0.3 is 10.4 Å². The Bertz CT molecular complexity index is 568. The number of para-hydroxylation sites is 1. The lowest BCUT2D eigenvalue weighted by Crippen LogP contribution is -2.01. The van der Waals surface area contributed by atoms with Crippen molar-refractivity contribution in [2.45, 2.75) is 13.5 Å². The topological polar surface area (TPSA) is 32.3 Å². The van der Waals surface area contributed by atoms with Crippen LogP contribution in [0, 0.1) is 6.92 Å². The molecule has 0 saturated heterocycles. The lowest BCUT2D eigenvalue weighted by Gasteiger charge is -2.11. The van der Waals surface area contributed by atoms with Gasteiger partial charge in [-0.15, -0.1) is 0 Å². The van der Waals surface area contributed by atoms with Gasteiger partial charge in [0.05, 0.1) is 5.02 Å². The molecule has 2 aromatic carbocycles. The molecule has 0 aliphatic carbocycles. The van der Waals surface area contributed by atoms with Crippen LogP contribution >= 0.6 is 23.2 Å². The minimum absolute atomic E-state index is 0.117. The molecule has 0 spiro atoms. The van der Waals surface area contributed by atoms with Crippen molar-refractivity contribution in [1.82, 2.24) is 0 Å². The SMILES string of the molecule is Cc1ccc(Cl)cc1NCc1cccc(Cl)c1O. The molecular formula is C14H13Cl2NO. The van der Waals surface area contributed by atoms with Crippen molar-refractivity contribution in [3.63, 3.8) is 0 Å². The van der Waals surface area contributed by atoms with Gasteiger partial charge in [0, 0.05) is 22.8 Å². The van der Waals surface area contributed by atoms with Gasteiger partial charge in [0.15, 0.2) is 0 Å². The second kappa shape index (κ2) is 5.51. The predicted molar refractivity (Wildman–Crippen MR) is 76.6 cm³/mol. The van der Waals surface area contributed by atoms with Crippen molar-refractivity contribution in [3.8, 4) is 5.75 Å². The molecule has 2 aromatic rings. The lowest BCUT2D eigenvalue weighted by atomic mass is 10.1. The summed E-state index contributed by atoms with van der Waals surface area (Å²) in [6.07, 6.45) is 0. The van der Waals surface area contributed by atoms with Crippen molar-refractivity contribution < 1.29 is 5.11 Å². The summed E-state index contributed by atoms with van der Waals surface area (Å²) in [7, 11) is 0. The standard InChI is InChI=1S/C14H13Cl2NO/c1-9-5-6-11(15)7-13(9)17-8-10-3-2-4-12(16)14(10)18/h2-7,17-18H,8H2,1H3.